The molecule has 82 valence electrons. The summed E-state index contributed by atoms with van der Waals surface area (Å²) >= 11 is 3.39. The summed E-state index contributed by atoms with van der Waals surface area (Å²) in [6, 6.07) is 8.26. The van der Waals surface area contributed by atoms with Crippen molar-refractivity contribution < 1.29 is 4.74 Å². The van der Waals surface area contributed by atoms with Gasteiger partial charge in [-0.15, -0.1) is 0 Å². The maximum absolute atomic E-state index is 5.68. The molecule has 0 amide bonds. The van der Waals surface area contributed by atoms with Crippen LogP contribution in [0.25, 0.3) is 0 Å². The number of nitrogens with two attached hydrogens (primary N) is 1. The molecule has 0 radical (unpaired) electrons. The Kier molecular flexibility index (Phi) is 3.61. The molecule has 0 bridgehead atoms. The Labute approximate surface area is 98.3 Å². The number of likely N-dealkylation sites (tertiary alicyclic amines) is 1. The minimum absolute atomic E-state index is 0.373. The highest BCUT2D eigenvalue weighted by Crippen LogP contribution is 2.16. The summed E-state index contributed by atoms with van der Waals surface area (Å²) in [5.74, 6) is 0.919. The number of benzene rings is 1. The summed E-state index contributed by atoms with van der Waals surface area (Å²) in [4.78, 5) is 2.30. The molecule has 15 heavy (non-hydrogen) atoms. The number of halogens is 1. The Balaban J connectivity index is 1.67. The van der Waals surface area contributed by atoms with E-state index in [-0.39, 0.29) is 0 Å². The average Bonchev–Trinajstić information content (AvgIpc) is 2.18. The van der Waals surface area contributed by atoms with Crippen LogP contribution in [0.3, 0.4) is 0 Å². The number of ether oxygens (including phenoxy) is 1. The summed E-state index contributed by atoms with van der Waals surface area (Å²) in [6.45, 7) is 3.70. The smallest absolute Gasteiger partial charge is 0.119 e. The zero-order valence-corrected chi connectivity index (χ0v) is 10.1. The summed E-state index contributed by atoms with van der Waals surface area (Å²) < 4.78 is 6.67. The molecule has 0 spiro atoms. The van der Waals surface area contributed by atoms with Crippen molar-refractivity contribution in [2.45, 2.75) is 6.04 Å². The van der Waals surface area contributed by atoms with Gasteiger partial charge >= 0.3 is 0 Å². The van der Waals surface area contributed by atoms with Gasteiger partial charge in [-0.05, 0) is 24.3 Å². The van der Waals surface area contributed by atoms with Crippen LogP contribution < -0.4 is 10.5 Å². The SMILES string of the molecule is NC1CN(CCOc2ccc(Br)cc2)C1. The zero-order valence-electron chi connectivity index (χ0n) is 8.53. The summed E-state index contributed by atoms with van der Waals surface area (Å²) in [5.41, 5.74) is 5.68. The molecule has 4 heteroatoms. The molecule has 2 N–H and O–H groups in total. The highest BCUT2D eigenvalue weighted by atomic mass is 79.9. The molecule has 1 saturated heterocycles. The van der Waals surface area contributed by atoms with Crippen molar-refractivity contribution >= 4 is 15.9 Å². The van der Waals surface area contributed by atoms with Crippen molar-refractivity contribution in [3.05, 3.63) is 28.7 Å². The van der Waals surface area contributed by atoms with Gasteiger partial charge < -0.3 is 10.5 Å². The third-order valence-corrected chi connectivity index (χ3v) is 3.00. The molecule has 1 heterocycles. The maximum atomic E-state index is 5.68. The van der Waals surface area contributed by atoms with Gasteiger partial charge in [0.1, 0.15) is 12.4 Å². The quantitative estimate of drug-likeness (QED) is 0.901. The number of hydrogen-bond acceptors (Lipinski definition) is 3. The molecule has 2 rings (SSSR count). The number of hydrogen-bond donors (Lipinski definition) is 1. The lowest BCUT2D eigenvalue weighted by atomic mass is 10.1. The van der Waals surface area contributed by atoms with Gasteiger partial charge in [-0.25, -0.2) is 0 Å². The molecule has 1 fully saturated rings. The van der Waals surface area contributed by atoms with Crippen LogP contribution in [0.2, 0.25) is 0 Å². The molecular weight excluding hydrogens is 256 g/mol. The van der Waals surface area contributed by atoms with E-state index in [0.717, 1.165) is 36.5 Å². The van der Waals surface area contributed by atoms with E-state index in [1.54, 1.807) is 0 Å². The molecule has 1 aromatic carbocycles. The average molecular weight is 271 g/mol. The molecule has 0 aromatic heterocycles. The largest absolute Gasteiger partial charge is 0.492 e. The normalized spacial score (nSPS) is 17.5. The van der Waals surface area contributed by atoms with Gasteiger partial charge in [-0.1, -0.05) is 15.9 Å². The van der Waals surface area contributed by atoms with Gasteiger partial charge in [0.05, 0.1) is 0 Å². The van der Waals surface area contributed by atoms with E-state index in [9.17, 15) is 0 Å². The van der Waals surface area contributed by atoms with Gasteiger partial charge in [0.15, 0.2) is 0 Å². The fourth-order valence-electron chi connectivity index (χ4n) is 1.62. The Morgan fingerprint density at radius 2 is 2.00 bits per heavy atom. The molecule has 3 nitrogen and oxygen atoms in total. The second kappa shape index (κ2) is 4.96. The standard InChI is InChI=1S/C11H15BrN2O/c12-9-1-3-11(4-2-9)15-6-5-14-7-10(13)8-14/h1-4,10H,5-8,13H2. The Hall–Kier alpha value is -0.580. The number of rotatable bonds is 4. The van der Waals surface area contributed by atoms with E-state index in [2.05, 4.69) is 20.8 Å². The topological polar surface area (TPSA) is 38.5 Å². The summed E-state index contributed by atoms with van der Waals surface area (Å²) in [6.07, 6.45) is 0. The fourth-order valence-corrected chi connectivity index (χ4v) is 1.88. The second-order valence-electron chi connectivity index (χ2n) is 3.82. The van der Waals surface area contributed by atoms with Crippen molar-refractivity contribution in [1.82, 2.24) is 4.90 Å². The fraction of sp³-hybridized carbons (Fsp3) is 0.455. The second-order valence-corrected chi connectivity index (χ2v) is 4.74. The van der Waals surface area contributed by atoms with E-state index in [1.165, 1.54) is 0 Å². The highest BCUT2D eigenvalue weighted by molar-refractivity contribution is 9.10. The molecule has 0 atom stereocenters. The van der Waals surface area contributed by atoms with E-state index >= 15 is 0 Å². The van der Waals surface area contributed by atoms with Crippen molar-refractivity contribution in [3.63, 3.8) is 0 Å². The van der Waals surface area contributed by atoms with Crippen LogP contribution in [0.15, 0.2) is 28.7 Å². The minimum atomic E-state index is 0.373. The lowest BCUT2D eigenvalue weighted by molar-refractivity contribution is 0.124. The van der Waals surface area contributed by atoms with E-state index in [1.807, 2.05) is 24.3 Å². The lowest BCUT2D eigenvalue weighted by Gasteiger charge is -2.36. The number of nitrogens with zero attached hydrogens (tertiary/aromatic N) is 1. The van der Waals surface area contributed by atoms with Crippen LogP contribution in [0.4, 0.5) is 0 Å². The molecule has 1 aliphatic rings. The molecular formula is C11H15BrN2O. The van der Waals surface area contributed by atoms with Crippen molar-refractivity contribution in [3.8, 4) is 5.75 Å². The van der Waals surface area contributed by atoms with Crippen LogP contribution in [0.1, 0.15) is 0 Å². The van der Waals surface area contributed by atoms with E-state index in [4.69, 9.17) is 10.5 Å². The van der Waals surface area contributed by atoms with Crippen molar-refractivity contribution in [2.24, 2.45) is 5.73 Å². The first kappa shape index (κ1) is 10.9. The minimum Gasteiger partial charge on any atom is -0.492 e. The third-order valence-electron chi connectivity index (χ3n) is 2.48. The molecule has 0 saturated carbocycles. The molecule has 1 aliphatic heterocycles. The first-order chi connectivity index (χ1) is 7.24. The predicted octanol–water partition coefficient (Wildman–Crippen LogP) is 1.47. The zero-order chi connectivity index (χ0) is 10.7. The monoisotopic (exact) mass is 270 g/mol. The van der Waals surface area contributed by atoms with E-state index < -0.39 is 0 Å². The van der Waals surface area contributed by atoms with Crippen molar-refractivity contribution in [1.29, 1.82) is 0 Å². The van der Waals surface area contributed by atoms with Gasteiger partial charge in [0.2, 0.25) is 0 Å². The lowest BCUT2D eigenvalue weighted by Crippen LogP contribution is -2.56. The van der Waals surface area contributed by atoms with Gasteiger partial charge in [-0.3, -0.25) is 4.90 Å². The van der Waals surface area contributed by atoms with Crippen molar-refractivity contribution in [2.75, 3.05) is 26.2 Å². The maximum Gasteiger partial charge on any atom is 0.119 e. The molecule has 0 unspecified atom stereocenters. The van der Waals surface area contributed by atoms with Gasteiger partial charge in [0.25, 0.3) is 0 Å². The van der Waals surface area contributed by atoms with Gasteiger partial charge in [-0.2, -0.15) is 0 Å². The van der Waals surface area contributed by atoms with Crippen LogP contribution in [-0.2, 0) is 0 Å². The Morgan fingerprint density at radius 1 is 1.33 bits per heavy atom. The first-order valence-corrected chi connectivity index (χ1v) is 5.89. The highest BCUT2D eigenvalue weighted by Gasteiger charge is 2.21. The molecule has 1 aromatic rings. The van der Waals surface area contributed by atoms with Crippen LogP contribution in [-0.4, -0.2) is 37.2 Å². The van der Waals surface area contributed by atoms with E-state index in [0.29, 0.717) is 6.04 Å². The summed E-state index contributed by atoms with van der Waals surface area (Å²) in [5, 5.41) is 0. The predicted molar refractivity (Wildman–Crippen MR) is 64.1 cm³/mol. The van der Waals surface area contributed by atoms with Crippen LogP contribution >= 0.6 is 15.9 Å². The Bertz CT molecular complexity index is 309. The van der Waals surface area contributed by atoms with Crippen LogP contribution in [0, 0.1) is 0 Å². The van der Waals surface area contributed by atoms with Gasteiger partial charge in [0, 0.05) is 30.1 Å². The third kappa shape index (κ3) is 3.19. The molecule has 0 aliphatic carbocycles. The summed E-state index contributed by atoms with van der Waals surface area (Å²) in [7, 11) is 0. The van der Waals surface area contributed by atoms with Crippen LogP contribution in [0.5, 0.6) is 5.75 Å². The Morgan fingerprint density at radius 3 is 2.60 bits per heavy atom. The first-order valence-electron chi connectivity index (χ1n) is 5.10.